The molecule has 0 radical (unpaired) electrons. The fourth-order valence-corrected chi connectivity index (χ4v) is 1.89. The molecule has 15 heavy (non-hydrogen) atoms. The number of para-hydroxylation sites is 1. The smallest absolute Gasteiger partial charge is 0.0460 e. The van der Waals surface area contributed by atoms with E-state index in [0.717, 1.165) is 6.42 Å². The summed E-state index contributed by atoms with van der Waals surface area (Å²) in [6, 6.07) is 8.30. The Balaban J connectivity index is 2.56. The Morgan fingerprint density at radius 3 is 2.93 bits per heavy atom. The summed E-state index contributed by atoms with van der Waals surface area (Å²) in [5.74, 6) is 0. The first-order chi connectivity index (χ1) is 7.36. The highest BCUT2D eigenvalue weighted by atomic mass is 14.7. The molecule has 0 spiro atoms. The standard InChI is InChI=1S/C13H16N2/c1-2-5-10(8-14)12-9-15-13-7-4-3-6-11(12)13/h3-7,9,15H,2,8,14H2,1H3/b10-5+. The minimum Gasteiger partial charge on any atom is -0.361 e. The van der Waals surface area contributed by atoms with Gasteiger partial charge in [-0.2, -0.15) is 0 Å². The monoisotopic (exact) mass is 200 g/mol. The van der Waals surface area contributed by atoms with Gasteiger partial charge < -0.3 is 10.7 Å². The molecule has 2 nitrogen and oxygen atoms in total. The van der Waals surface area contributed by atoms with Gasteiger partial charge in [0.2, 0.25) is 0 Å². The van der Waals surface area contributed by atoms with E-state index in [4.69, 9.17) is 5.73 Å². The number of H-pyrrole nitrogens is 1. The van der Waals surface area contributed by atoms with Crippen molar-refractivity contribution in [2.45, 2.75) is 13.3 Å². The summed E-state index contributed by atoms with van der Waals surface area (Å²) < 4.78 is 0. The van der Waals surface area contributed by atoms with Gasteiger partial charge in [0.05, 0.1) is 0 Å². The Morgan fingerprint density at radius 2 is 2.20 bits per heavy atom. The Kier molecular flexibility index (Phi) is 2.88. The number of nitrogens with two attached hydrogens (primary N) is 1. The lowest BCUT2D eigenvalue weighted by Crippen LogP contribution is -2.01. The fourth-order valence-electron chi connectivity index (χ4n) is 1.89. The summed E-state index contributed by atoms with van der Waals surface area (Å²) in [6.07, 6.45) is 5.25. The molecule has 0 saturated carbocycles. The molecule has 0 saturated heterocycles. The number of fused-ring (bicyclic) bond motifs is 1. The van der Waals surface area contributed by atoms with Crippen LogP contribution in [0, 0.1) is 0 Å². The third-order valence-corrected chi connectivity index (χ3v) is 2.61. The van der Waals surface area contributed by atoms with Gasteiger partial charge in [-0.1, -0.05) is 31.2 Å². The summed E-state index contributed by atoms with van der Waals surface area (Å²) in [6.45, 7) is 2.72. The predicted octanol–water partition coefficient (Wildman–Crippen LogP) is 2.92. The Labute approximate surface area is 89.8 Å². The zero-order valence-corrected chi connectivity index (χ0v) is 8.96. The lowest BCUT2D eigenvalue weighted by molar-refractivity contribution is 1.19. The molecular weight excluding hydrogens is 184 g/mol. The average molecular weight is 200 g/mol. The van der Waals surface area contributed by atoms with Crippen molar-refractivity contribution in [1.82, 2.24) is 4.98 Å². The Bertz CT molecular complexity index is 480. The van der Waals surface area contributed by atoms with Crippen LogP contribution >= 0.6 is 0 Å². The molecule has 0 aliphatic rings. The molecule has 0 atom stereocenters. The van der Waals surface area contributed by atoms with E-state index in [9.17, 15) is 0 Å². The van der Waals surface area contributed by atoms with Gasteiger partial charge in [-0.05, 0) is 18.1 Å². The molecule has 2 rings (SSSR count). The van der Waals surface area contributed by atoms with E-state index in [1.54, 1.807) is 0 Å². The molecule has 1 aromatic heterocycles. The van der Waals surface area contributed by atoms with Gasteiger partial charge in [-0.15, -0.1) is 0 Å². The number of allylic oxidation sites excluding steroid dienone is 1. The molecule has 0 aliphatic carbocycles. The normalized spacial score (nSPS) is 12.3. The quantitative estimate of drug-likeness (QED) is 0.786. The molecule has 0 amide bonds. The maximum absolute atomic E-state index is 5.76. The van der Waals surface area contributed by atoms with Crippen molar-refractivity contribution in [2.75, 3.05) is 6.54 Å². The maximum Gasteiger partial charge on any atom is 0.0460 e. The molecule has 0 fully saturated rings. The number of hydrogen-bond acceptors (Lipinski definition) is 1. The number of rotatable bonds is 3. The predicted molar refractivity (Wildman–Crippen MR) is 65.6 cm³/mol. The number of hydrogen-bond donors (Lipinski definition) is 2. The van der Waals surface area contributed by atoms with Crippen LogP contribution in [0.4, 0.5) is 0 Å². The lowest BCUT2D eigenvalue weighted by atomic mass is 10.0. The first-order valence-corrected chi connectivity index (χ1v) is 5.32. The van der Waals surface area contributed by atoms with Gasteiger partial charge in [0.25, 0.3) is 0 Å². The van der Waals surface area contributed by atoms with Crippen LogP contribution in [-0.2, 0) is 0 Å². The van der Waals surface area contributed by atoms with Crippen LogP contribution < -0.4 is 5.73 Å². The van der Waals surface area contributed by atoms with Crippen molar-refractivity contribution < 1.29 is 0 Å². The molecule has 2 aromatic rings. The second-order valence-electron chi connectivity index (χ2n) is 3.59. The second kappa shape index (κ2) is 4.32. The first-order valence-electron chi connectivity index (χ1n) is 5.32. The minimum absolute atomic E-state index is 0.593. The third-order valence-electron chi connectivity index (χ3n) is 2.61. The van der Waals surface area contributed by atoms with E-state index in [0.29, 0.717) is 6.54 Å². The van der Waals surface area contributed by atoms with Crippen LogP contribution in [0.2, 0.25) is 0 Å². The van der Waals surface area contributed by atoms with E-state index in [-0.39, 0.29) is 0 Å². The number of aromatic amines is 1. The van der Waals surface area contributed by atoms with Crippen LogP contribution in [0.25, 0.3) is 16.5 Å². The van der Waals surface area contributed by atoms with E-state index < -0.39 is 0 Å². The summed E-state index contributed by atoms with van der Waals surface area (Å²) in [5, 5.41) is 1.25. The highest BCUT2D eigenvalue weighted by Crippen LogP contribution is 2.24. The van der Waals surface area contributed by atoms with E-state index in [2.05, 4.69) is 36.2 Å². The van der Waals surface area contributed by atoms with Crippen molar-refractivity contribution in [2.24, 2.45) is 5.73 Å². The second-order valence-corrected chi connectivity index (χ2v) is 3.59. The topological polar surface area (TPSA) is 41.8 Å². The summed E-state index contributed by atoms with van der Waals surface area (Å²) in [4.78, 5) is 3.26. The van der Waals surface area contributed by atoms with Gasteiger partial charge in [0, 0.05) is 29.2 Å². The minimum atomic E-state index is 0.593. The van der Waals surface area contributed by atoms with Crippen molar-refractivity contribution in [1.29, 1.82) is 0 Å². The zero-order chi connectivity index (χ0) is 10.7. The average Bonchev–Trinajstić information content (AvgIpc) is 2.70. The molecular formula is C13H16N2. The number of benzene rings is 1. The highest BCUT2D eigenvalue weighted by molar-refractivity contribution is 5.92. The highest BCUT2D eigenvalue weighted by Gasteiger charge is 2.05. The fraction of sp³-hybridized carbons (Fsp3) is 0.231. The molecule has 0 unspecified atom stereocenters. The zero-order valence-electron chi connectivity index (χ0n) is 8.96. The van der Waals surface area contributed by atoms with Crippen LogP contribution in [0.15, 0.2) is 36.5 Å². The van der Waals surface area contributed by atoms with Crippen LogP contribution in [0.3, 0.4) is 0 Å². The summed E-state index contributed by atoms with van der Waals surface area (Å²) in [5.41, 5.74) is 9.38. The number of nitrogens with one attached hydrogen (secondary N) is 1. The Morgan fingerprint density at radius 1 is 1.40 bits per heavy atom. The lowest BCUT2D eigenvalue weighted by Gasteiger charge is -2.02. The first kappa shape index (κ1) is 9.99. The summed E-state index contributed by atoms with van der Waals surface area (Å²) >= 11 is 0. The molecule has 3 N–H and O–H groups in total. The molecule has 1 aromatic carbocycles. The van der Waals surface area contributed by atoms with E-state index >= 15 is 0 Å². The molecule has 1 heterocycles. The van der Waals surface area contributed by atoms with Crippen molar-refractivity contribution in [3.63, 3.8) is 0 Å². The molecule has 0 aliphatic heterocycles. The van der Waals surface area contributed by atoms with Gasteiger partial charge >= 0.3 is 0 Å². The van der Waals surface area contributed by atoms with E-state index in [1.807, 2.05) is 12.3 Å². The molecule has 2 heteroatoms. The maximum atomic E-state index is 5.76. The van der Waals surface area contributed by atoms with Gasteiger partial charge in [-0.25, -0.2) is 0 Å². The van der Waals surface area contributed by atoms with Crippen molar-refractivity contribution >= 4 is 16.5 Å². The van der Waals surface area contributed by atoms with Gasteiger partial charge in [0.15, 0.2) is 0 Å². The largest absolute Gasteiger partial charge is 0.361 e. The Hall–Kier alpha value is -1.54. The van der Waals surface area contributed by atoms with Crippen molar-refractivity contribution in [3.8, 4) is 0 Å². The number of aromatic nitrogens is 1. The molecule has 78 valence electrons. The van der Waals surface area contributed by atoms with Gasteiger partial charge in [0.1, 0.15) is 0 Å². The molecule has 0 bridgehead atoms. The van der Waals surface area contributed by atoms with Crippen LogP contribution in [0.1, 0.15) is 18.9 Å². The van der Waals surface area contributed by atoms with Crippen molar-refractivity contribution in [3.05, 3.63) is 42.1 Å². The third kappa shape index (κ3) is 1.81. The SMILES string of the molecule is CC/C=C(\CN)c1c[nH]c2ccccc12. The van der Waals surface area contributed by atoms with Gasteiger partial charge in [-0.3, -0.25) is 0 Å². The van der Waals surface area contributed by atoms with E-state index in [1.165, 1.54) is 22.0 Å². The van der Waals surface area contributed by atoms with Crippen LogP contribution in [0.5, 0.6) is 0 Å². The summed E-state index contributed by atoms with van der Waals surface area (Å²) in [7, 11) is 0. The van der Waals surface area contributed by atoms with Crippen LogP contribution in [-0.4, -0.2) is 11.5 Å².